The number of amides is 2. The van der Waals surface area contributed by atoms with E-state index in [1.807, 2.05) is 6.92 Å². The van der Waals surface area contributed by atoms with Crippen LogP contribution in [0.4, 0.5) is 9.93 Å². The van der Waals surface area contributed by atoms with Crippen LogP contribution < -0.4 is 10.9 Å². The lowest BCUT2D eigenvalue weighted by atomic mass is 10.0. The number of fused-ring (bicyclic) bond motifs is 1. The molecule has 25 heavy (non-hydrogen) atoms. The number of aromatic nitrogens is 3. The van der Waals surface area contributed by atoms with E-state index in [0.29, 0.717) is 24.8 Å². The summed E-state index contributed by atoms with van der Waals surface area (Å²) in [5.74, 6) is 0.266. The van der Waals surface area contributed by atoms with Gasteiger partial charge in [-0.1, -0.05) is 0 Å². The highest BCUT2D eigenvalue weighted by Crippen LogP contribution is 2.30. The fraction of sp³-hybridized carbons (Fsp3) is 0.529. The Morgan fingerprint density at radius 2 is 2.12 bits per heavy atom. The van der Waals surface area contributed by atoms with Gasteiger partial charge in [0.2, 0.25) is 0 Å². The number of nitrogens with one attached hydrogen (secondary N) is 1. The van der Waals surface area contributed by atoms with Gasteiger partial charge in [-0.2, -0.15) is 5.10 Å². The third kappa shape index (κ3) is 3.44. The summed E-state index contributed by atoms with van der Waals surface area (Å²) in [6, 6.07) is 3.15. The molecule has 0 spiro atoms. The largest absolute Gasteiger partial charge is 0.324 e. The van der Waals surface area contributed by atoms with E-state index in [-0.39, 0.29) is 17.5 Å². The maximum atomic E-state index is 12.3. The Kier molecular flexibility index (Phi) is 4.29. The van der Waals surface area contributed by atoms with Gasteiger partial charge in [0.25, 0.3) is 5.56 Å². The summed E-state index contributed by atoms with van der Waals surface area (Å²) >= 11 is 1.60. The van der Waals surface area contributed by atoms with Crippen LogP contribution in [-0.2, 0) is 19.4 Å². The molecule has 2 aromatic rings. The fourth-order valence-corrected chi connectivity index (χ4v) is 4.39. The van der Waals surface area contributed by atoms with Crippen molar-refractivity contribution in [3.8, 4) is 0 Å². The van der Waals surface area contributed by atoms with Gasteiger partial charge in [-0.3, -0.25) is 10.1 Å². The Morgan fingerprint density at radius 3 is 2.92 bits per heavy atom. The molecule has 0 aromatic carbocycles. The van der Waals surface area contributed by atoms with Crippen LogP contribution in [0.3, 0.4) is 0 Å². The molecule has 8 heteroatoms. The second kappa shape index (κ2) is 6.59. The Morgan fingerprint density at radius 1 is 1.32 bits per heavy atom. The van der Waals surface area contributed by atoms with Gasteiger partial charge < -0.3 is 4.90 Å². The van der Waals surface area contributed by atoms with Crippen LogP contribution in [0, 0.1) is 12.8 Å². The molecule has 0 saturated carbocycles. The maximum absolute atomic E-state index is 12.3. The first-order valence-corrected chi connectivity index (χ1v) is 9.49. The van der Waals surface area contributed by atoms with E-state index in [9.17, 15) is 9.59 Å². The molecular weight excluding hydrogens is 338 g/mol. The van der Waals surface area contributed by atoms with E-state index < -0.39 is 0 Å². The molecule has 4 rings (SSSR count). The summed E-state index contributed by atoms with van der Waals surface area (Å²) in [6.07, 6.45) is 4.49. The molecule has 1 aliphatic heterocycles. The van der Waals surface area contributed by atoms with Crippen molar-refractivity contribution in [2.75, 3.05) is 18.4 Å². The summed E-state index contributed by atoms with van der Waals surface area (Å²) < 4.78 is 1.49. The number of carbonyl (C=O) groups excluding carboxylic acids is 1. The first kappa shape index (κ1) is 16.3. The molecule has 0 unspecified atom stereocenters. The fourth-order valence-electron chi connectivity index (χ4n) is 3.35. The van der Waals surface area contributed by atoms with Crippen molar-refractivity contribution < 1.29 is 4.79 Å². The minimum atomic E-state index is -0.105. The zero-order chi connectivity index (χ0) is 17.4. The number of likely N-dealkylation sites (tertiary alicyclic amines) is 1. The van der Waals surface area contributed by atoms with E-state index in [4.69, 9.17) is 0 Å². The lowest BCUT2D eigenvalue weighted by Crippen LogP contribution is -2.53. The zero-order valence-corrected chi connectivity index (χ0v) is 15.0. The summed E-state index contributed by atoms with van der Waals surface area (Å²) in [5.41, 5.74) is 1.88. The number of thiazole rings is 1. The van der Waals surface area contributed by atoms with E-state index in [1.165, 1.54) is 28.5 Å². The number of anilines is 1. The van der Waals surface area contributed by atoms with Gasteiger partial charge in [-0.25, -0.2) is 14.5 Å². The number of nitrogens with zero attached hydrogens (tertiary/aromatic N) is 4. The average Bonchev–Trinajstić information content (AvgIpc) is 2.95. The van der Waals surface area contributed by atoms with Crippen molar-refractivity contribution >= 4 is 22.5 Å². The Balaban J connectivity index is 1.31. The molecule has 2 aromatic heterocycles. The van der Waals surface area contributed by atoms with Crippen molar-refractivity contribution in [1.82, 2.24) is 19.7 Å². The van der Waals surface area contributed by atoms with Crippen molar-refractivity contribution in [2.45, 2.75) is 39.2 Å². The van der Waals surface area contributed by atoms with Crippen molar-refractivity contribution in [3.05, 3.63) is 38.8 Å². The minimum Gasteiger partial charge on any atom is -0.324 e. The van der Waals surface area contributed by atoms with Gasteiger partial charge in [-0.15, -0.1) is 11.3 Å². The van der Waals surface area contributed by atoms with E-state index in [0.717, 1.165) is 24.2 Å². The normalized spacial score (nSPS) is 17.1. The Labute approximate surface area is 149 Å². The summed E-state index contributed by atoms with van der Waals surface area (Å²) in [5, 5.41) is 7.87. The summed E-state index contributed by atoms with van der Waals surface area (Å²) in [4.78, 5) is 31.7. The molecule has 0 radical (unpaired) electrons. The molecule has 2 amide bonds. The number of rotatable bonds is 3. The Hall–Kier alpha value is -2.22. The summed E-state index contributed by atoms with van der Waals surface area (Å²) in [6.45, 7) is 3.69. The lowest BCUT2D eigenvalue weighted by Gasteiger charge is -2.38. The molecule has 3 heterocycles. The van der Waals surface area contributed by atoms with Gasteiger partial charge in [0.1, 0.15) is 0 Å². The third-order valence-electron chi connectivity index (χ3n) is 4.74. The molecule has 1 aliphatic carbocycles. The number of aryl methyl sites for hydroxylation is 3. The van der Waals surface area contributed by atoms with Gasteiger partial charge in [0.15, 0.2) is 5.13 Å². The van der Waals surface area contributed by atoms with Crippen LogP contribution in [0.2, 0.25) is 0 Å². The standard InChI is InChI=1S/C17H21N5O2S/c1-11-6-7-15(23)22(20-11)10-12-8-21(9-12)17(24)19-16-18-13-4-2-3-5-14(13)25-16/h6-7,12H,2-5,8-10H2,1H3,(H,18,19,24). The van der Waals surface area contributed by atoms with Gasteiger partial charge in [0.05, 0.1) is 17.9 Å². The van der Waals surface area contributed by atoms with E-state index in [1.54, 1.807) is 22.3 Å². The zero-order valence-electron chi connectivity index (χ0n) is 14.2. The van der Waals surface area contributed by atoms with Crippen molar-refractivity contribution in [2.24, 2.45) is 5.92 Å². The van der Waals surface area contributed by atoms with Gasteiger partial charge in [0, 0.05) is 30.0 Å². The number of hydrogen-bond donors (Lipinski definition) is 1. The predicted octanol–water partition coefficient (Wildman–Crippen LogP) is 2.05. The van der Waals surface area contributed by atoms with Crippen LogP contribution in [0.1, 0.15) is 29.1 Å². The highest BCUT2D eigenvalue weighted by atomic mass is 32.1. The first-order valence-electron chi connectivity index (χ1n) is 8.68. The average molecular weight is 359 g/mol. The van der Waals surface area contributed by atoms with Gasteiger partial charge >= 0.3 is 6.03 Å². The molecule has 0 atom stereocenters. The molecule has 7 nitrogen and oxygen atoms in total. The molecule has 1 saturated heterocycles. The minimum absolute atomic E-state index is 0.0955. The molecular formula is C17H21N5O2S. The molecule has 0 bridgehead atoms. The highest BCUT2D eigenvalue weighted by Gasteiger charge is 2.32. The van der Waals surface area contributed by atoms with Crippen molar-refractivity contribution in [1.29, 1.82) is 0 Å². The molecule has 1 fully saturated rings. The van der Waals surface area contributed by atoms with Crippen LogP contribution in [0.25, 0.3) is 0 Å². The topological polar surface area (TPSA) is 80.1 Å². The quantitative estimate of drug-likeness (QED) is 0.909. The SMILES string of the molecule is Cc1ccc(=O)n(CC2CN(C(=O)Nc3nc4c(s3)CCCC4)C2)n1. The number of hydrogen-bond acceptors (Lipinski definition) is 5. The van der Waals surface area contributed by atoms with Crippen molar-refractivity contribution in [3.63, 3.8) is 0 Å². The highest BCUT2D eigenvalue weighted by molar-refractivity contribution is 7.15. The first-order chi connectivity index (χ1) is 12.1. The lowest BCUT2D eigenvalue weighted by molar-refractivity contribution is 0.116. The number of carbonyl (C=O) groups is 1. The Bertz CT molecular complexity index is 829. The predicted molar refractivity (Wildman–Crippen MR) is 96.1 cm³/mol. The van der Waals surface area contributed by atoms with Gasteiger partial charge in [-0.05, 0) is 38.7 Å². The molecule has 1 N–H and O–H groups in total. The van der Waals surface area contributed by atoms with E-state index >= 15 is 0 Å². The summed E-state index contributed by atoms with van der Waals surface area (Å²) in [7, 11) is 0. The smallest absolute Gasteiger partial charge is 0.323 e. The second-order valence-corrected chi connectivity index (χ2v) is 7.88. The maximum Gasteiger partial charge on any atom is 0.323 e. The molecule has 2 aliphatic rings. The van der Waals surface area contributed by atoms with Crippen LogP contribution in [0.15, 0.2) is 16.9 Å². The number of urea groups is 1. The van der Waals surface area contributed by atoms with E-state index in [2.05, 4.69) is 15.4 Å². The van der Waals surface area contributed by atoms with Crippen LogP contribution >= 0.6 is 11.3 Å². The second-order valence-electron chi connectivity index (χ2n) is 6.79. The van der Waals surface area contributed by atoms with Crippen LogP contribution in [0.5, 0.6) is 0 Å². The monoisotopic (exact) mass is 359 g/mol. The molecule has 132 valence electrons. The third-order valence-corrected chi connectivity index (χ3v) is 5.81. The van der Waals surface area contributed by atoms with Crippen LogP contribution in [-0.4, -0.2) is 38.8 Å².